The number of carbonyl (C=O) groups excluding carboxylic acids is 1. The Morgan fingerprint density at radius 2 is 2.15 bits per heavy atom. The van der Waals surface area contributed by atoms with Crippen LogP contribution in [0.2, 0.25) is 5.02 Å². The summed E-state index contributed by atoms with van der Waals surface area (Å²) in [6, 6.07) is 1.82. The number of hydrogen-bond donors (Lipinski definition) is 2. The Hall–Kier alpha value is -2.17. The van der Waals surface area contributed by atoms with Gasteiger partial charge >= 0.3 is 6.09 Å². The van der Waals surface area contributed by atoms with Gasteiger partial charge in [0.05, 0.1) is 14.9 Å². The number of fused-ring (bicyclic) bond motifs is 4. The van der Waals surface area contributed by atoms with Crippen LogP contribution in [-0.2, 0) is 10.2 Å². The number of benzene rings is 1. The van der Waals surface area contributed by atoms with Crippen LogP contribution in [0.1, 0.15) is 31.2 Å². The first-order valence-corrected chi connectivity index (χ1v) is 12.0. The molecule has 1 aromatic carbocycles. The van der Waals surface area contributed by atoms with Gasteiger partial charge in [-0.05, 0) is 61.3 Å². The Bertz CT molecular complexity index is 1170. The number of amides is 2. The van der Waals surface area contributed by atoms with Crippen molar-refractivity contribution in [3.63, 3.8) is 0 Å². The van der Waals surface area contributed by atoms with E-state index in [1.165, 1.54) is 4.90 Å². The number of carboxylic acid groups (broad SMARTS) is 1. The second-order valence-electron chi connectivity index (χ2n) is 8.94. The molecule has 2 saturated heterocycles. The topological polar surface area (TPSA) is 95.0 Å². The number of likely N-dealkylation sites (tertiary alicyclic amines) is 2. The summed E-state index contributed by atoms with van der Waals surface area (Å²) in [6.45, 7) is 1.74. The average molecular weight is 542 g/mol. The fourth-order valence-corrected chi connectivity index (χ4v) is 5.76. The van der Waals surface area contributed by atoms with Crippen molar-refractivity contribution in [3.05, 3.63) is 26.9 Å². The summed E-state index contributed by atoms with van der Waals surface area (Å²) in [5, 5.41) is 12.9. The van der Waals surface area contributed by atoms with Crippen LogP contribution < -0.4 is 10.1 Å². The van der Waals surface area contributed by atoms with Gasteiger partial charge in [-0.1, -0.05) is 11.6 Å². The first-order valence-electron chi connectivity index (χ1n) is 10.9. The molecule has 0 bridgehead atoms. The monoisotopic (exact) mass is 540 g/mol. The molecule has 2 aromatic rings. The summed E-state index contributed by atoms with van der Waals surface area (Å²) in [7, 11) is 2.03. The minimum atomic E-state index is -1.02. The highest BCUT2D eigenvalue weighted by atomic mass is 79.9. The number of halogens is 3. The molecule has 0 radical (unpaired) electrons. The lowest BCUT2D eigenvalue weighted by Crippen LogP contribution is -2.48. The molecule has 5 rings (SSSR count). The zero-order valence-corrected chi connectivity index (χ0v) is 20.3. The van der Waals surface area contributed by atoms with Crippen molar-refractivity contribution >= 4 is 56.1 Å². The third-order valence-electron chi connectivity index (χ3n) is 7.21. The van der Waals surface area contributed by atoms with Crippen molar-refractivity contribution in [1.29, 1.82) is 0 Å². The van der Waals surface area contributed by atoms with E-state index in [1.807, 2.05) is 7.05 Å². The summed E-state index contributed by atoms with van der Waals surface area (Å²) < 4.78 is 21.5. The number of aromatic nitrogens is 1. The average Bonchev–Trinajstić information content (AvgIpc) is 3.32. The third kappa shape index (κ3) is 3.54. The van der Waals surface area contributed by atoms with Gasteiger partial charge in [-0.25, -0.2) is 14.2 Å². The minimum absolute atomic E-state index is 0.0661. The van der Waals surface area contributed by atoms with E-state index < -0.39 is 17.3 Å². The molecular weight excluding hydrogens is 519 g/mol. The van der Waals surface area contributed by atoms with E-state index in [2.05, 4.69) is 31.1 Å². The van der Waals surface area contributed by atoms with Crippen LogP contribution in [0.15, 0.2) is 10.5 Å². The normalized spacial score (nSPS) is 22.1. The maximum atomic E-state index is 15.3. The number of anilines is 1. The standard InChI is InChI=1S/C22H23BrClFN4O4/c1-28-6-2-3-11(28)10-33-19-18-14(12-9-13(24)15(23)16(25)17(12)26-19)22(20(30)27-18)4-7-29(8-5-22)21(31)32/h9,11H,2-8,10H2,1H3,(H,27,30)(H,31,32)/t11-/m0/s1. The van der Waals surface area contributed by atoms with E-state index in [0.717, 1.165) is 19.4 Å². The van der Waals surface area contributed by atoms with Gasteiger partial charge in [-0.3, -0.25) is 4.79 Å². The molecule has 1 atom stereocenters. The van der Waals surface area contributed by atoms with Crippen molar-refractivity contribution in [2.75, 3.05) is 38.6 Å². The molecule has 33 heavy (non-hydrogen) atoms. The number of likely N-dealkylation sites (N-methyl/N-ethyl adjacent to an activating group) is 1. The molecule has 0 unspecified atom stereocenters. The van der Waals surface area contributed by atoms with Crippen molar-refractivity contribution in [2.24, 2.45) is 0 Å². The number of nitrogens with zero attached hydrogens (tertiary/aromatic N) is 3. The van der Waals surface area contributed by atoms with Gasteiger partial charge in [-0.2, -0.15) is 0 Å². The molecule has 4 heterocycles. The maximum absolute atomic E-state index is 15.3. The highest BCUT2D eigenvalue weighted by Crippen LogP contribution is 2.52. The largest absolute Gasteiger partial charge is 0.475 e. The second-order valence-corrected chi connectivity index (χ2v) is 10.1. The van der Waals surface area contributed by atoms with Gasteiger partial charge in [0.2, 0.25) is 11.8 Å². The van der Waals surface area contributed by atoms with Crippen molar-refractivity contribution in [3.8, 4) is 5.88 Å². The minimum Gasteiger partial charge on any atom is -0.475 e. The molecule has 0 saturated carbocycles. The molecule has 1 aromatic heterocycles. The fraction of sp³-hybridized carbons (Fsp3) is 0.500. The first-order chi connectivity index (χ1) is 15.7. The van der Waals surface area contributed by atoms with E-state index in [4.69, 9.17) is 16.3 Å². The van der Waals surface area contributed by atoms with Gasteiger partial charge in [0.15, 0.2) is 5.82 Å². The Balaban J connectivity index is 1.64. The zero-order valence-electron chi connectivity index (χ0n) is 18.0. The summed E-state index contributed by atoms with van der Waals surface area (Å²) in [5.74, 6) is -0.698. The summed E-state index contributed by atoms with van der Waals surface area (Å²) in [5.41, 5.74) is 0.0746. The van der Waals surface area contributed by atoms with Gasteiger partial charge < -0.3 is 25.0 Å². The number of carbonyl (C=O) groups is 2. The summed E-state index contributed by atoms with van der Waals surface area (Å²) in [4.78, 5) is 32.7. The molecule has 2 N–H and O–H groups in total. The van der Waals surface area contributed by atoms with Crippen LogP contribution in [0.5, 0.6) is 5.88 Å². The van der Waals surface area contributed by atoms with E-state index in [1.54, 1.807) is 6.07 Å². The number of ether oxygens (including phenoxy) is 1. The van der Waals surface area contributed by atoms with Crippen molar-refractivity contribution in [1.82, 2.24) is 14.8 Å². The Morgan fingerprint density at radius 1 is 1.42 bits per heavy atom. The van der Waals surface area contributed by atoms with Crippen LogP contribution in [0, 0.1) is 5.82 Å². The second kappa shape index (κ2) is 8.25. The lowest BCUT2D eigenvalue weighted by Gasteiger charge is -2.37. The van der Waals surface area contributed by atoms with E-state index in [9.17, 15) is 14.7 Å². The molecule has 11 heteroatoms. The molecule has 3 aliphatic heterocycles. The Kier molecular flexibility index (Phi) is 5.65. The van der Waals surface area contributed by atoms with E-state index in [0.29, 0.717) is 23.2 Å². The summed E-state index contributed by atoms with van der Waals surface area (Å²) in [6.07, 6.45) is 1.59. The van der Waals surface area contributed by atoms with Crippen LogP contribution in [0.3, 0.4) is 0 Å². The van der Waals surface area contributed by atoms with E-state index in [-0.39, 0.29) is 58.8 Å². The highest BCUT2D eigenvalue weighted by Gasteiger charge is 2.52. The van der Waals surface area contributed by atoms with Crippen LogP contribution in [-0.4, -0.2) is 71.2 Å². The lowest BCUT2D eigenvalue weighted by atomic mass is 9.72. The number of nitrogens with one attached hydrogen (secondary N) is 1. The van der Waals surface area contributed by atoms with Crippen LogP contribution in [0.25, 0.3) is 10.9 Å². The maximum Gasteiger partial charge on any atom is 0.407 e. The van der Waals surface area contributed by atoms with Gasteiger partial charge in [-0.15, -0.1) is 0 Å². The number of pyridine rings is 1. The van der Waals surface area contributed by atoms with Crippen LogP contribution in [0.4, 0.5) is 14.9 Å². The number of piperidine rings is 1. The molecule has 3 aliphatic rings. The molecular formula is C22H23BrClFN4O4. The van der Waals surface area contributed by atoms with Crippen molar-refractivity contribution in [2.45, 2.75) is 37.1 Å². The SMILES string of the molecule is CN1CCC[C@H]1COc1nc2c(F)c(Br)c(Cl)cc2c2c1NC(=O)C21CCN(C(=O)O)CC1. The fourth-order valence-electron chi connectivity index (χ4n) is 5.27. The Labute approximate surface area is 203 Å². The predicted molar refractivity (Wildman–Crippen MR) is 125 cm³/mol. The third-order valence-corrected chi connectivity index (χ3v) is 8.51. The van der Waals surface area contributed by atoms with Crippen LogP contribution >= 0.6 is 27.5 Å². The van der Waals surface area contributed by atoms with Gasteiger partial charge in [0.1, 0.15) is 17.8 Å². The molecule has 8 nitrogen and oxygen atoms in total. The lowest BCUT2D eigenvalue weighted by molar-refractivity contribution is -0.122. The van der Waals surface area contributed by atoms with Crippen molar-refractivity contribution < 1.29 is 23.8 Å². The number of hydrogen-bond acceptors (Lipinski definition) is 5. The molecule has 2 amide bonds. The smallest absolute Gasteiger partial charge is 0.407 e. The Morgan fingerprint density at radius 3 is 2.79 bits per heavy atom. The zero-order chi connectivity index (χ0) is 23.5. The highest BCUT2D eigenvalue weighted by molar-refractivity contribution is 9.10. The molecule has 0 aliphatic carbocycles. The number of rotatable bonds is 3. The van der Waals surface area contributed by atoms with E-state index >= 15 is 4.39 Å². The molecule has 176 valence electrons. The van der Waals surface area contributed by atoms with Gasteiger partial charge in [0.25, 0.3) is 0 Å². The summed E-state index contributed by atoms with van der Waals surface area (Å²) >= 11 is 9.46. The first kappa shape index (κ1) is 22.6. The van der Waals surface area contributed by atoms with Gasteiger partial charge in [0, 0.05) is 30.1 Å². The molecule has 2 fully saturated rings. The predicted octanol–water partition coefficient (Wildman–Crippen LogP) is 4.23. The quantitative estimate of drug-likeness (QED) is 0.565. The molecule has 1 spiro atoms.